The average molecular weight is 666 g/mol. The minimum absolute atomic E-state index is 0.289. The molecule has 43 heavy (non-hydrogen) atoms. The average Bonchev–Trinajstić information content (AvgIpc) is 2.86. The molecule has 0 N–H and O–H groups in total. The van der Waals surface area contributed by atoms with E-state index in [2.05, 4.69) is 16.1 Å². The largest absolute Gasteiger partial charge is 0.460 e. The number of halogens is 17. The number of rotatable bonds is 13. The molecular formula is C22H15F17O4. The Bertz CT molecular complexity index is 1190. The maximum atomic E-state index is 14.3. The molecule has 0 radical (unpaired) electrons. The van der Waals surface area contributed by atoms with Crippen molar-refractivity contribution in [1.82, 2.24) is 0 Å². The Morgan fingerprint density at radius 3 is 1.53 bits per heavy atom. The van der Waals surface area contributed by atoms with Crippen molar-refractivity contribution in [2.75, 3.05) is 0 Å². The Hall–Kier alpha value is -3.26. The number of esters is 1. The van der Waals surface area contributed by atoms with Gasteiger partial charge in [-0.25, -0.2) is 4.79 Å². The summed E-state index contributed by atoms with van der Waals surface area (Å²) in [5.41, 5.74) is -0.840. The van der Waals surface area contributed by atoms with Crippen molar-refractivity contribution < 1.29 is 93.6 Å². The van der Waals surface area contributed by atoms with Crippen LogP contribution < -0.4 is 0 Å². The minimum Gasteiger partial charge on any atom is -0.434 e. The summed E-state index contributed by atoms with van der Waals surface area (Å²) in [7, 11) is 0. The van der Waals surface area contributed by atoms with Gasteiger partial charge < -0.3 is 9.47 Å². The summed E-state index contributed by atoms with van der Waals surface area (Å²) >= 11 is 0. The van der Waals surface area contributed by atoms with Crippen LogP contribution in [0.2, 0.25) is 0 Å². The molecule has 0 saturated carbocycles. The zero-order chi connectivity index (χ0) is 34.2. The van der Waals surface area contributed by atoms with Gasteiger partial charge in [-0.15, -0.1) is 0 Å². The van der Waals surface area contributed by atoms with Gasteiger partial charge in [-0.3, -0.25) is 4.74 Å². The standard InChI is InChI=1S/C22H15F17O4/c1-9(2)14(40)41-10(3)42-15(11-7-5-4-6-8-11)43-13(24)12(23)16(25,26)17(27,28)18(29,30)19(31,32)20(33,34)21(35,36)22(37,38)39/h4-8,10,15H,1H2,2-3H3. The highest BCUT2D eigenvalue weighted by molar-refractivity contribution is 5.86. The van der Waals surface area contributed by atoms with E-state index in [4.69, 9.17) is 4.74 Å². The van der Waals surface area contributed by atoms with Crippen LogP contribution in [-0.2, 0) is 19.0 Å². The second-order valence-electron chi connectivity index (χ2n) is 8.28. The van der Waals surface area contributed by atoms with E-state index in [1.807, 2.05) is 0 Å². The second-order valence-corrected chi connectivity index (χ2v) is 8.28. The molecule has 0 saturated heterocycles. The number of hydrogen-bond acceptors (Lipinski definition) is 4. The van der Waals surface area contributed by atoms with E-state index in [0.29, 0.717) is 0 Å². The van der Waals surface area contributed by atoms with Crippen molar-refractivity contribution in [3.05, 3.63) is 59.9 Å². The molecular weight excluding hydrogens is 651 g/mol. The first-order valence-electron chi connectivity index (χ1n) is 10.6. The lowest BCUT2D eigenvalue weighted by atomic mass is 9.91. The van der Waals surface area contributed by atoms with Crippen LogP contribution in [-0.4, -0.2) is 54.0 Å². The van der Waals surface area contributed by atoms with Gasteiger partial charge in [0.25, 0.3) is 0 Å². The van der Waals surface area contributed by atoms with Crippen LogP contribution in [0, 0.1) is 0 Å². The number of hydrogen-bond donors (Lipinski definition) is 0. The molecule has 1 aromatic carbocycles. The van der Waals surface area contributed by atoms with E-state index < -0.39 is 77.7 Å². The molecule has 0 heterocycles. The van der Waals surface area contributed by atoms with Crippen molar-refractivity contribution in [2.45, 2.75) is 68.1 Å². The Morgan fingerprint density at radius 2 is 1.12 bits per heavy atom. The van der Waals surface area contributed by atoms with Crippen molar-refractivity contribution in [2.24, 2.45) is 0 Å². The molecule has 246 valence electrons. The van der Waals surface area contributed by atoms with Crippen LogP contribution in [0.4, 0.5) is 74.6 Å². The van der Waals surface area contributed by atoms with Gasteiger partial charge in [-0.2, -0.15) is 74.6 Å². The normalized spacial score (nSPS) is 16.3. The van der Waals surface area contributed by atoms with Crippen molar-refractivity contribution in [3.63, 3.8) is 0 Å². The van der Waals surface area contributed by atoms with Crippen LogP contribution in [0.5, 0.6) is 0 Å². The van der Waals surface area contributed by atoms with E-state index in [1.165, 1.54) is 6.07 Å². The van der Waals surface area contributed by atoms with Gasteiger partial charge >= 0.3 is 53.7 Å². The number of benzene rings is 1. The Labute approximate surface area is 228 Å². The fraction of sp³-hybridized carbons (Fsp3) is 0.500. The highest BCUT2D eigenvalue weighted by atomic mass is 19.4. The van der Waals surface area contributed by atoms with E-state index in [1.54, 1.807) is 0 Å². The lowest BCUT2D eigenvalue weighted by Gasteiger charge is -2.41. The molecule has 2 atom stereocenters. The molecule has 2 unspecified atom stereocenters. The minimum atomic E-state index is -8.71. The van der Waals surface area contributed by atoms with Gasteiger partial charge in [0.15, 0.2) is 0 Å². The predicted octanol–water partition coefficient (Wildman–Crippen LogP) is 8.67. The Kier molecular flexibility index (Phi) is 10.6. The van der Waals surface area contributed by atoms with Crippen LogP contribution in [0.1, 0.15) is 25.7 Å². The van der Waals surface area contributed by atoms with Crippen LogP contribution in [0.3, 0.4) is 0 Å². The molecule has 0 aromatic heterocycles. The quantitative estimate of drug-likeness (QED) is 0.0696. The molecule has 4 nitrogen and oxygen atoms in total. The van der Waals surface area contributed by atoms with Gasteiger partial charge in [0, 0.05) is 11.1 Å². The maximum Gasteiger partial charge on any atom is 0.460 e. The molecule has 0 spiro atoms. The molecule has 1 rings (SSSR count). The molecule has 0 aliphatic rings. The van der Waals surface area contributed by atoms with E-state index >= 15 is 0 Å². The topological polar surface area (TPSA) is 44.8 Å². The zero-order valence-electron chi connectivity index (χ0n) is 20.8. The molecule has 0 bridgehead atoms. The third kappa shape index (κ3) is 6.64. The molecule has 1 aromatic rings. The monoisotopic (exact) mass is 666 g/mol. The van der Waals surface area contributed by atoms with Crippen LogP contribution >= 0.6 is 0 Å². The summed E-state index contributed by atoms with van der Waals surface area (Å²) in [5, 5.41) is 0. The number of carbonyl (C=O) groups is 1. The number of alkyl halides is 15. The second kappa shape index (κ2) is 12.0. The van der Waals surface area contributed by atoms with Gasteiger partial charge in [0.05, 0.1) is 0 Å². The fourth-order valence-electron chi connectivity index (χ4n) is 2.61. The fourth-order valence-corrected chi connectivity index (χ4v) is 2.61. The molecule has 0 aliphatic heterocycles. The lowest BCUT2D eigenvalue weighted by Crippen LogP contribution is -2.72. The summed E-state index contributed by atoms with van der Waals surface area (Å²) in [6, 6.07) is 1.41. The van der Waals surface area contributed by atoms with E-state index in [9.17, 15) is 79.4 Å². The van der Waals surface area contributed by atoms with Crippen LogP contribution in [0.25, 0.3) is 0 Å². The first kappa shape index (κ1) is 37.8. The van der Waals surface area contributed by atoms with E-state index in [-0.39, 0.29) is 5.57 Å². The number of carbonyl (C=O) groups excluding carboxylic acids is 1. The van der Waals surface area contributed by atoms with Crippen molar-refractivity contribution in [1.29, 1.82) is 0 Å². The predicted molar refractivity (Wildman–Crippen MR) is 107 cm³/mol. The first-order valence-corrected chi connectivity index (χ1v) is 10.6. The smallest absolute Gasteiger partial charge is 0.434 e. The highest BCUT2D eigenvalue weighted by Crippen LogP contribution is 2.63. The lowest BCUT2D eigenvalue weighted by molar-refractivity contribution is -0.451. The highest BCUT2D eigenvalue weighted by Gasteiger charge is 2.93. The number of allylic oxidation sites excluding steroid dienone is 1. The van der Waals surface area contributed by atoms with Crippen molar-refractivity contribution >= 4 is 5.97 Å². The van der Waals surface area contributed by atoms with Gasteiger partial charge in [0.2, 0.25) is 18.4 Å². The third-order valence-electron chi connectivity index (χ3n) is 4.99. The summed E-state index contributed by atoms with van der Waals surface area (Å²) in [6.07, 6.45) is -12.4. The Balaban J connectivity index is 3.60. The molecule has 21 heteroatoms. The van der Waals surface area contributed by atoms with Gasteiger partial charge in [0.1, 0.15) is 0 Å². The summed E-state index contributed by atoms with van der Waals surface area (Å²) in [4.78, 5) is 11.5. The molecule has 0 amide bonds. The Morgan fingerprint density at radius 1 is 0.698 bits per heavy atom. The first-order chi connectivity index (χ1) is 19.0. The summed E-state index contributed by atoms with van der Waals surface area (Å²) in [5.74, 6) is -56.0. The maximum absolute atomic E-state index is 14.3. The SMILES string of the molecule is C=C(C)C(=O)OC(C)OC(OC(F)=C(F)C(F)(F)C(F)(F)C(F)(F)C(F)(F)C(F)(F)C(F)(F)C(F)(F)F)c1ccccc1. The zero-order valence-corrected chi connectivity index (χ0v) is 20.8. The van der Waals surface area contributed by atoms with Gasteiger partial charge in [-0.1, -0.05) is 36.9 Å². The van der Waals surface area contributed by atoms with Crippen molar-refractivity contribution in [3.8, 4) is 0 Å². The molecule has 0 aliphatic carbocycles. The van der Waals surface area contributed by atoms with E-state index in [0.717, 1.165) is 38.1 Å². The number of ether oxygens (including phenoxy) is 3. The van der Waals surface area contributed by atoms with Crippen LogP contribution in [0.15, 0.2) is 54.3 Å². The molecule has 0 fully saturated rings. The van der Waals surface area contributed by atoms with Gasteiger partial charge in [-0.05, 0) is 13.8 Å². The summed E-state index contributed by atoms with van der Waals surface area (Å²) in [6.45, 7) is 5.07. The summed E-state index contributed by atoms with van der Waals surface area (Å²) < 4.78 is 241. The third-order valence-corrected chi connectivity index (χ3v) is 4.99.